The minimum atomic E-state index is -0.776. The molecule has 0 atom stereocenters. The number of rotatable bonds is 5. The number of hydrogen-bond donors (Lipinski definition) is 1. The predicted molar refractivity (Wildman–Crippen MR) is 95.1 cm³/mol. The van der Waals surface area contributed by atoms with Crippen LogP contribution in [0.1, 0.15) is 5.56 Å². The highest BCUT2D eigenvalue weighted by Gasteiger charge is 2.09. The average Bonchev–Trinajstić information content (AvgIpc) is 2.58. The summed E-state index contributed by atoms with van der Waals surface area (Å²) in [6.45, 7) is 0. The Hall–Kier alpha value is -2.40. The minimum absolute atomic E-state index is 0.00726. The third-order valence-electron chi connectivity index (χ3n) is 3.58. The van der Waals surface area contributed by atoms with E-state index in [1.54, 1.807) is 0 Å². The molecule has 0 fully saturated rings. The molecule has 0 saturated heterocycles. The lowest BCUT2D eigenvalue weighted by Crippen LogP contribution is -2.15. The van der Waals surface area contributed by atoms with E-state index >= 15 is 0 Å². The summed E-state index contributed by atoms with van der Waals surface area (Å²) in [5.41, 5.74) is 1.14. The van der Waals surface area contributed by atoms with Crippen molar-refractivity contribution in [3.8, 4) is 0 Å². The molecule has 3 aromatic rings. The van der Waals surface area contributed by atoms with Gasteiger partial charge in [-0.3, -0.25) is 4.79 Å². The second kappa shape index (κ2) is 7.45. The first-order valence-corrected chi connectivity index (χ1v) is 8.58. The number of fused-ring (bicyclic) bond motifs is 1. The highest BCUT2D eigenvalue weighted by atomic mass is 32.2. The van der Waals surface area contributed by atoms with Crippen LogP contribution in [0.15, 0.2) is 60.7 Å². The molecule has 3 rings (SSSR count). The summed E-state index contributed by atoms with van der Waals surface area (Å²) < 4.78 is 26.4. The molecule has 0 spiro atoms. The summed E-state index contributed by atoms with van der Waals surface area (Å²) in [5, 5.41) is 4.78. The molecule has 1 N–H and O–H groups in total. The number of carbonyl (C=O) groups is 1. The highest BCUT2D eigenvalue weighted by molar-refractivity contribution is 7.99. The van der Waals surface area contributed by atoms with E-state index in [9.17, 15) is 13.6 Å². The number of anilines is 1. The predicted octanol–water partition coefficient (Wildman–Crippen LogP) is 4.99. The Morgan fingerprint density at radius 3 is 2.62 bits per heavy atom. The van der Waals surface area contributed by atoms with Crippen LogP contribution in [0, 0.1) is 11.6 Å². The van der Waals surface area contributed by atoms with Crippen molar-refractivity contribution in [2.24, 2.45) is 0 Å². The van der Waals surface area contributed by atoms with Gasteiger partial charge in [-0.05, 0) is 28.5 Å². The molecule has 0 heterocycles. The third kappa shape index (κ3) is 3.92. The molecular formula is C19H15F2NOS. The van der Waals surface area contributed by atoms with Crippen molar-refractivity contribution < 1.29 is 13.6 Å². The lowest BCUT2D eigenvalue weighted by atomic mass is 10.1. The Balaban J connectivity index is 1.58. The van der Waals surface area contributed by atoms with Gasteiger partial charge in [0, 0.05) is 11.8 Å². The average molecular weight is 343 g/mol. The molecule has 24 heavy (non-hydrogen) atoms. The molecule has 0 aliphatic rings. The lowest BCUT2D eigenvalue weighted by molar-refractivity contribution is -0.113. The summed E-state index contributed by atoms with van der Waals surface area (Å²) in [4.78, 5) is 11.9. The van der Waals surface area contributed by atoms with Crippen molar-refractivity contribution in [2.45, 2.75) is 5.75 Å². The van der Waals surface area contributed by atoms with Gasteiger partial charge in [0.1, 0.15) is 11.6 Å². The topological polar surface area (TPSA) is 29.1 Å². The van der Waals surface area contributed by atoms with Crippen LogP contribution in [0.4, 0.5) is 14.5 Å². The fourth-order valence-electron chi connectivity index (χ4n) is 2.45. The maximum absolute atomic E-state index is 13.5. The number of halogens is 2. The molecule has 0 unspecified atom stereocenters. The summed E-state index contributed by atoms with van der Waals surface area (Å²) in [6, 6.07) is 17.2. The van der Waals surface area contributed by atoms with E-state index in [0.29, 0.717) is 5.75 Å². The second-order valence-corrected chi connectivity index (χ2v) is 6.29. The third-order valence-corrected chi connectivity index (χ3v) is 4.56. The van der Waals surface area contributed by atoms with E-state index in [1.807, 2.05) is 36.4 Å². The molecule has 2 nitrogen and oxygen atoms in total. The van der Waals surface area contributed by atoms with Gasteiger partial charge >= 0.3 is 0 Å². The smallest absolute Gasteiger partial charge is 0.234 e. The van der Waals surface area contributed by atoms with Crippen molar-refractivity contribution >= 4 is 34.1 Å². The van der Waals surface area contributed by atoms with Crippen molar-refractivity contribution in [3.05, 3.63) is 77.9 Å². The first-order chi connectivity index (χ1) is 11.6. The van der Waals surface area contributed by atoms with Gasteiger partial charge in [0.05, 0.1) is 11.4 Å². The summed E-state index contributed by atoms with van der Waals surface area (Å²) in [6.07, 6.45) is 0. The van der Waals surface area contributed by atoms with Crippen molar-refractivity contribution in [3.63, 3.8) is 0 Å². The lowest BCUT2D eigenvalue weighted by Gasteiger charge is -2.08. The summed E-state index contributed by atoms with van der Waals surface area (Å²) in [5.74, 6) is -0.885. The Labute approximate surface area is 142 Å². The van der Waals surface area contributed by atoms with Gasteiger partial charge < -0.3 is 5.32 Å². The highest BCUT2D eigenvalue weighted by Crippen LogP contribution is 2.23. The van der Waals surface area contributed by atoms with Gasteiger partial charge in [-0.2, -0.15) is 0 Å². The van der Waals surface area contributed by atoms with E-state index in [4.69, 9.17) is 0 Å². The van der Waals surface area contributed by atoms with Crippen LogP contribution in [0.5, 0.6) is 0 Å². The summed E-state index contributed by atoms with van der Waals surface area (Å²) in [7, 11) is 0. The quantitative estimate of drug-likeness (QED) is 0.707. The van der Waals surface area contributed by atoms with Crippen molar-refractivity contribution in [1.82, 2.24) is 0 Å². The van der Waals surface area contributed by atoms with Crippen LogP contribution in [0.2, 0.25) is 0 Å². The number of thioether (sulfide) groups is 1. The SMILES string of the molecule is O=C(CSCc1cccc2ccccc12)Nc1ccc(F)cc1F. The molecule has 0 saturated carbocycles. The molecule has 0 aromatic heterocycles. The zero-order valence-electron chi connectivity index (χ0n) is 12.8. The number of carbonyl (C=O) groups excluding carboxylic acids is 1. The van der Waals surface area contributed by atoms with Crippen LogP contribution in [-0.4, -0.2) is 11.7 Å². The maximum Gasteiger partial charge on any atom is 0.234 e. The van der Waals surface area contributed by atoms with Gasteiger partial charge in [-0.1, -0.05) is 42.5 Å². The zero-order valence-corrected chi connectivity index (χ0v) is 13.6. The van der Waals surface area contributed by atoms with Crippen LogP contribution in [0.3, 0.4) is 0 Å². The second-order valence-electron chi connectivity index (χ2n) is 5.30. The normalized spacial score (nSPS) is 10.8. The number of nitrogens with one attached hydrogen (secondary N) is 1. The Morgan fingerprint density at radius 1 is 1.00 bits per heavy atom. The van der Waals surface area contributed by atoms with Gasteiger partial charge in [0.25, 0.3) is 0 Å². The molecule has 5 heteroatoms. The van der Waals surface area contributed by atoms with Gasteiger partial charge in [0.15, 0.2) is 0 Å². The molecule has 0 aliphatic carbocycles. The molecular weight excluding hydrogens is 328 g/mol. The van der Waals surface area contributed by atoms with Crippen LogP contribution >= 0.6 is 11.8 Å². The molecule has 0 aliphatic heterocycles. The molecule has 3 aromatic carbocycles. The number of amides is 1. The van der Waals surface area contributed by atoms with Gasteiger partial charge in [0.2, 0.25) is 5.91 Å². The van der Waals surface area contributed by atoms with Crippen LogP contribution < -0.4 is 5.32 Å². The number of benzene rings is 3. The molecule has 0 bridgehead atoms. The number of hydrogen-bond acceptors (Lipinski definition) is 2. The fourth-order valence-corrected chi connectivity index (χ4v) is 3.28. The van der Waals surface area contributed by atoms with Gasteiger partial charge in [-0.25, -0.2) is 8.78 Å². The molecule has 1 amide bonds. The largest absolute Gasteiger partial charge is 0.323 e. The van der Waals surface area contributed by atoms with Crippen LogP contribution in [0.25, 0.3) is 10.8 Å². The van der Waals surface area contributed by atoms with Crippen molar-refractivity contribution in [1.29, 1.82) is 0 Å². The summed E-state index contributed by atoms with van der Waals surface area (Å²) >= 11 is 1.45. The maximum atomic E-state index is 13.5. The Morgan fingerprint density at radius 2 is 1.79 bits per heavy atom. The van der Waals surface area contributed by atoms with E-state index in [1.165, 1.54) is 17.8 Å². The van der Waals surface area contributed by atoms with Gasteiger partial charge in [-0.15, -0.1) is 11.8 Å². The fraction of sp³-hybridized carbons (Fsp3) is 0.105. The molecule has 122 valence electrons. The Kier molecular flexibility index (Phi) is 5.11. The first-order valence-electron chi connectivity index (χ1n) is 7.43. The van der Waals surface area contributed by atoms with E-state index in [-0.39, 0.29) is 17.3 Å². The van der Waals surface area contributed by atoms with Crippen LogP contribution in [-0.2, 0) is 10.5 Å². The zero-order chi connectivity index (χ0) is 16.9. The molecule has 0 radical (unpaired) electrons. The van der Waals surface area contributed by atoms with E-state index in [0.717, 1.165) is 28.5 Å². The first kappa shape index (κ1) is 16.5. The van der Waals surface area contributed by atoms with Crippen molar-refractivity contribution in [2.75, 3.05) is 11.1 Å². The minimum Gasteiger partial charge on any atom is -0.323 e. The Bertz CT molecular complexity index is 877. The van der Waals surface area contributed by atoms with E-state index in [2.05, 4.69) is 11.4 Å². The monoisotopic (exact) mass is 343 g/mol. The van der Waals surface area contributed by atoms with E-state index < -0.39 is 11.6 Å². The standard InChI is InChI=1S/C19H15F2NOS/c20-15-8-9-18(17(21)10-15)22-19(23)12-24-11-14-6-3-5-13-4-1-2-7-16(13)14/h1-10H,11-12H2,(H,22,23).